The number of imidazole rings is 1. The molecule has 37 heavy (non-hydrogen) atoms. The highest BCUT2D eigenvalue weighted by Crippen LogP contribution is 2.43. The zero-order chi connectivity index (χ0) is 26.7. The van der Waals surface area contributed by atoms with Gasteiger partial charge >= 0.3 is 5.97 Å². The van der Waals surface area contributed by atoms with Crippen molar-refractivity contribution in [2.24, 2.45) is 7.05 Å². The Labute approximate surface area is 215 Å². The van der Waals surface area contributed by atoms with E-state index in [0.29, 0.717) is 50.7 Å². The van der Waals surface area contributed by atoms with Gasteiger partial charge in [0.15, 0.2) is 23.0 Å². The third-order valence-electron chi connectivity index (χ3n) is 6.33. The van der Waals surface area contributed by atoms with E-state index < -0.39 is 5.97 Å². The smallest absolute Gasteiger partial charge is 0.340 e. The Kier molecular flexibility index (Phi) is 7.52. The molecule has 2 aromatic carbocycles. The van der Waals surface area contributed by atoms with Crippen molar-refractivity contribution in [1.29, 1.82) is 0 Å². The fourth-order valence-electron chi connectivity index (χ4n) is 4.54. The number of pyridine rings is 1. The summed E-state index contributed by atoms with van der Waals surface area (Å²) in [7, 11) is 8.20. The molecular weight excluding hydrogens is 474 g/mol. The van der Waals surface area contributed by atoms with Gasteiger partial charge in [-0.2, -0.15) is 0 Å². The van der Waals surface area contributed by atoms with Crippen LogP contribution >= 0.6 is 0 Å². The Balaban J connectivity index is 2.17. The van der Waals surface area contributed by atoms with E-state index in [0.717, 1.165) is 11.4 Å². The van der Waals surface area contributed by atoms with Crippen LogP contribution in [0.1, 0.15) is 41.6 Å². The van der Waals surface area contributed by atoms with Crippen LogP contribution in [-0.2, 0) is 11.8 Å². The Morgan fingerprint density at radius 1 is 0.946 bits per heavy atom. The second-order valence-corrected chi connectivity index (χ2v) is 8.38. The van der Waals surface area contributed by atoms with Gasteiger partial charge in [0.1, 0.15) is 5.82 Å². The molecule has 4 aromatic rings. The number of hydrogen-bond donors (Lipinski definition) is 0. The Hall–Kier alpha value is -4.27. The molecule has 0 bridgehead atoms. The van der Waals surface area contributed by atoms with E-state index in [4.69, 9.17) is 28.7 Å². The largest absolute Gasteiger partial charge is 0.493 e. The lowest BCUT2D eigenvalue weighted by Crippen LogP contribution is -2.16. The lowest BCUT2D eigenvalue weighted by Gasteiger charge is -2.21. The van der Waals surface area contributed by atoms with Crippen LogP contribution in [0.2, 0.25) is 0 Å². The highest BCUT2D eigenvalue weighted by molar-refractivity contribution is 6.09. The molecule has 0 aliphatic rings. The molecule has 0 radical (unpaired) electrons. The molecule has 0 fully saturated rings. The molecule has 0 saturated heterocycles. The van der Waals surface area contributed by atoms with Crippen LogP contribution in [0.25, 0.3) is 22.0 Å². The first-order chi connectivity index (χ1) is 17.9. The number of methoxy groups -OCH3 is 4. The number of hydrogen-bond acceptors (Lipinski definition) is 8. The number of ether oxygens (including phenoxy) is 5. The van der Waals surface area contributed by atoms with Gasteiger partial charge in [0.2, 0.25) is 0 Å². The van der Waals surface area contributed by atoms with Gasteiger partial charge in [-0.3, -0.25) is 4.98 Å². The molecule has 0 N–H and O–H groups in total. The van der Waals surface area contributed by atoms with E-state index in [1.165, 1.54) is 0 Å². The zero-order valence-electron chi connectivity index (χ0n) is 22.1. The molecular formula is C28H31N3O6. The Bertz CT molecular complexity index is 1450. The average molecular weight is 506 g/mol. The van der Waals surface area contributed by atoms with Gasteiger partial charge in [-0.1, -0.05) is 6.07 Å². The highest BCUT2D eigenvalue weighted by atomic mass is 16.5. The van der Waals surface area contributed by atoms with Crippen LogP contribution in [0.5, 0.6) is 23.0 Å². The van der Waals surface area contributed by atoms with Gasteiger partial charge in [-0.25, -0.2) is 9.78 Å². The van der Waals surface area contributed by atoms with Crippen LogP contribution in [0.15, 0.2) is 42.7 Å². The molecule has 4 rings (SSSR count). The third kappa shape index (κ3) is 4.64. The molecule has 1 atom stereocenters. The molecule has 9 nitrogen and oxygen atoms in total. The number of carbonyl (C=O) groups excluding carboxylic acids is 1. The normalized spacial score (nSPS) is 11.8. The van der Waals surface area contributed by atoms with E-state index in [9.17, 15) is 4.79 Å². The number of aromatic nitrogens is 3. The van der Waals surface area contributed by atoms with E-state index in [-0.39, 0.29) is 12.5 Å². The van der Waals surface area contributed by atoms with Crippen molar-refractivity contribution in [3.63, 3.8) is 0 Å². The van der Waals surface area contributed by atoms with Gasteiger partial charge in [-0.05, 0) is 37.6 Å². The third-order valence-corrected chi connectivity index (χ3v) is 6.33. The zero-order valence-corrected chi connectivity index (χ0v) is 22.1. The van der Waals surface area contributed by atoms with Crippen molar-refractivity contribution in [2.45, 2.75) is 19.8 Å². The summed E-state index contributed by atoms with van der Waals surface area (Å²) in [6, 6.07) is 9.15. The summed E-state index contributed by atoms with van der Waals surface area (Å²) < 4.78 is 29.6. The summed E-state index contributed by atoms with van der Waals surface area (Å²) in [4.78, 5) is 23.1. The molecule has 0 aliphatic heterocycles. The van der Waals surface area contributed by atoms with Crippen molar-refractivity contribution in [3.8, 4) is 34.1 Å². The predicted molar refractivity (Wildman–Crippen MR) is 140 cm³/mol. The summed E-state index contributed by atoms with van der Waals surface area (Å²) in [6.45, 7) is 3.96. The molecule has 0 amide bonds. The second-order valence-electron chi connectivity index (χ2n) is 8.38. The van der Waals surface area contributed by atoms with Gasteiger partial charge < -0.3 is 28.3 Å². The number of nitrogens with zero attached hydrogens (tertiary/aromatic N) is 3. The number of fused-ring (bicyclic) bond motifs is 1. The lowest BCUT2D eigenvalue weighted by molar-refractivity contribution is 0.0525. The van der Waals surface area contributed by atoms with Crippen LogP contribution in [-0.4, -0.2) is 55.6 Å². The summed E-state index contributed by atoms with van der Waals surface area (Å²) in [5.74, 6) is 2.10. The quantitative estimate of drug-likeness (QED) is 0.294. The number of aryl methyl sites for hydroxylation is 1. The number of rotatable bonds is 9. The second kappa shape index (κ2) is 10.8. The fraction of sp³-hybridized carbons (Fsp3) is 0.321. The van der Waals surface area contributed by atoms with E-state index in [2.05, 4.69) is 4.98 Å². The van der Waals surface area contributed by atoms with Crippen molar-refractivity contribution < 1.29 is 28.5 Å². The van der Waals surface area contributed by atoms with Crippen LogP contribution in [0.3, 0.4) is 0 Å². The average Bonchev–Trinajstić information content (AvgIpc) is 3.35. The van der Waals surface area contributed by atoms with Crippen molar-refractivity contribution >= 4 is 16.9 Å². The lowest BCUT2D eigenvalue weighted by atomic mass is 9.89. The Morgan fingerprint density at radius 3 is 2.19 bits per heavy atom. The van der Waals surface area contributed by atoms with Gasteiger partial charge in [-0.15, -0.1) is 0 Å². The van der Waals surface area contributed by atoms with E-state index in [1.807, 2.05) is 49.0 Å². The first-order valence-corrected chi connectivity index (χ1v) is 11.8. The number of esters is 1. The summed E-state index contributed by atoms with van der Waals surface area (Å²) in [5, 5.41) is 0.698. The van der Waals surface area contributed by atoms with Crippen molar-refractivity contribution in [1.82, 2.24) is 14.5 Å². The molecule has 2 aromatic heterocycles. The number of benzene rings is 2. The molecule has 0 aliphatic carbocycles. The topological polar surface area (TPSA) is 93.9 Å². The summed E-state index contributed by atoms with van der Waals surface area (Å²) in [6.07, 6.45) is 3.58. The minimum absolute atomic E-state index is 0.213. The maximum Gasteiger partial charge on any atom is 0.340 e. The first-order valence-electron chi connectivity index (χ1n) is 11.8. The predicted octanol–water partition coefficient (Wildman–Crippen LogP) is 5.00. The monoisotopic (exact) mass is 505 g/mol. The highest BCUT2D eigenvalue weighted by Gasteiger charge is 2.29. The van der Waals surface area contributed by atoms with Crippen LogP contribution in [0.4, 0.5) is 0 Å². The Morgan fingerprint density at radius 2 is 1.59 bits per heavy atom. The minimum Gasteiger partial charge on any atom is -0.493 e. The molecule has 0 saturated carbocycles. The maximum absolute atomic E-state index is 13.6. The van der Waals surface area contributed by atoms with Crippen molar-refractivity contribution in [3.05, 3.63) is 59.8 Å². The standard InChI is InChI=1S/C28H31N3O6/c1-8-37-28(32)25-24(17-9-10-20(33-4)21(13-17)34-5)18-14-22(35-6)23(36-7)15-19(18)30-26(25)16(2)27-29-11-12-31(27)3/h9-16H,8H2,1-7H3. The molecule has 2 heterocycles. The van der Waals surface area contributed by atoms with Crippen LogP contribution < -0.4 is 18.9 Å². The first kappa shape index (κ1) is 25.8. The SMILES string of the molecule is CCOC(=O)c1c(C(C)c2nccn2C)nc2cc(OC)c(OC)cc2c1-c1ccc(OC)c(OC)c1. The van der Waals surface area contributed by atoms with Gasteiger partial charge in [0, 0.05) is 36.5 Å². The molecule has 194 valence electrons. The van der Waals surface area contributed by atoms with E-state index >= 15 is 0 Å². The van der Waals surface area contributed by atoms with Crippen molar-refractivity contribution in [2.75, 3.05) is 35.0 Å². The fourth-order valence-corrected chi connectivity index (χ4v) is 4.54. The summed E-state index contributed by atoms with van der Waals surface area (Å²) in [5.41, 5.74) is 2.89. The molecule has 1 unspecified atom stereocenters. The minimum atomic E-state index is -0.479. The molecule has 9 heteroatoms. The summed E-state index contributed by atoms with van der Waals surface area (Å²) >= 11 is 0. The van der Waals surface area contributed by atoms with Gasteiger partial charge in [0.25, 0.3) is 0 Å². The number of carbonyl (C=O) groups is 1. The maximum atomic E-state index is 13.6. The van der Waals surface area contributed by atoms with E-state index in [1.54, 1.807) is 47.6 Å². The van der Waals surface area contributed by atoms with Gasteiger partial charge in [0.05, 0.1) is 57.7 Å². The molecule has 0 spiro atoms. The van der Waals surface area contributed by atoms with Crippen LogP contribution in [0, 0.1) is 0 Å².